The van der Waals surface area contributed by atoms with E-state index >= 15 is 0 Å². The molecule has 0 bridgehead atoms. The monoisotopic (exact) mass is 313 g/mol. The molecule has 0 amide bonds. The van der Waals surface area contributed by atoms with Crippen LogP contribution in [0.4, 0.5) is 0 Å². The van der Waals surface area contributed by atoms with Crippen molar-refractivity contribution in [3.8, 4) is 0 Å². The molecule has 1 atom stereocenters. The van der Waals surface area contributed by atoms with Crippen LogP contribution >= 0.6 is 11.3 Å². The zero-order valence-electron chi connectivity index (χ0n) is 12.3. The van der Waals surface area contributed by atoms with Gasteiger partial charge in [0.2, 0.25) is 0 Å². The minimum atomic E-state index is -0.506. The van der Waals surface area contributed by atoms with E-state index in [-0.39, 0.29) is 0 Å². The fourth-order valence-electron chi connectivity index (χ4n) is 2.12. The van der Waals surface area contributed by atoms with Crippen LogP contribution in [-0.2, 0) is 11.8 Å². The lowest BCUT2D eigenvalue weighted by molar-refractivity contribution is 0.0376. The van der Waals surface area contributed by atoms with Crippen LogP contribution in [0.5, 0.6) is 0 Å². The summed E-state index contributed by atoms with van der Waals surface area (Å²) < 4.78 is 7.37. The molecular weight excluding hydrogens is 298 g/mol. The molecule has 2 heterocycles. The second-order valence-electron chi connectivity index (χ2n) is 4.83. The van der Waals surface area contributed by atoms with Gasteiger partial charge in [-0.1, -0.05) is 30.3 Å². The van der Waals surface area contributed by atoms with E-state index in [1.54, 1.807) is 17.9 Å². The summed E-state index contributed by atoms with van der Waals surface area (Å²) in [4.78, 5) is 16.7. The number of hydrogen-bond acceptors (Lipinski definition) is 5. The van der Waals surface area contributed by atoms with Gasteiger partial charge >= 0.3 is 5.97 Å². The van der Waals surface area contributed by atoms with Crippen LogP contribution in [0.2, 0.25) is 0 Å². The van der Waals surface area contributed by atoms with Gasteiger partial charge in [0.25, 0.3) is 0 Å². The maximum absolute atomic E-state index is 12.5. The summed E-state index contributed by atoms with van der Waals surface area (Å²) in [5.74, 6) is -0.394. The van der Waals surface area contributed by atoms with Crippen LogP contribution in [-0.4, -0.2) is 20.7 Å². The molecule has 0 aliphatic heterocycles. The van der Waals surface area contributed by atoms with Crippen molar-refractivity contribution in [2.24, 2.45) is 7.05 Å². The Bertz CT molecular complexity index is 766. The first-order chi connectivity index (χ1) is 10.7. The highest BCUT2D eigenvalue weighted by molar-refractivity contribution is 7.09. The lowest BCUT2D eigenvalue weighted by Crippen LogP contribution is -2.13. The third-order valence-electron chi connectivity index (χ3n) is 3.46. The van der Waals surface area contributed by atoms with Crippen LogP contribution in [0.15, 0.2) is 48.1 Å². The topological polar surface area (TPSA) is 57.0 Å². The van der Waals surface area contributed by atoms with Crippen molar-refractivity contribution in [3.63, 3.8) is 0 Å². The van der Waals surface area contributed by atoms with E-state index in [1.807, 2.05) is 42.6 Å². The molecule has 6 heteroatoms. The number of aromatic nitrogens is 3. The highest BCUT2D eigenvalue weighted by atomic mass is 32.1. The summed E-state index contributed by atoms with van der Waals surface area (Å²) in [7, 11) is 1.79. The SMILES string of the molecule is Cc1c(C(=O)O[C@@H](c2ccccc2)c2nccs2)cnn1C. The molecule has 0 unspecified atom stereocenters. The number of rotatable bonds is 4. The molecule has 3 aromatic rings. The molecule has 0 fully saturated rings. The van der Waals surface area contributed by atoms with Crippen molar-refractivity contribution >= 4 is 17.3 Å². The summed E-state index contributed by atoms with van der Waals surface area (Å²) in [6, 6.07) is 9.61. The minimum absolute atomic E-state index is 0.394. The smallest absolute Gasteiger partial charge is 0.342 e. The molecule has 0 radical (unpaired) electrons. The van der Waals surface area contributed by atoms with E-state index in [1.165, 1.54) is 17.5 Å². The maximum Gasteiger partial charge on any atom is 0.342 e. The first kappa shape index (κ1) is 14.5. The van der Waals surface area contributed by atoms with E-state index in [0.717, 1.165) is 16.3 Å². The van der Waals surface area contributed by atoms with Crippen LogP contribution < -0.4 is 0 Å². The third kappa shape index (κ3) is 2.78. The van der Waals surface area contributed by atoms with Crippen molar-refractivity contribution in [1.29, 1.82) is 0 Å². The van der Waals surface area contributed by atoms with E-state index in [0.29, 0.717) is 5.56 Å². The molecule has 0 saturated carbocycles. The molecule has 0 N–H and O–H groups in total. The fraction of sp³-hybridized carbons (Fsp3) is 0.188. The van der Waals surface area contributed by atoms with Gasteiger partial charge in [-0.05, 0) is 12.5 Å². The molecule has 0 aliphatic rings. The molecule has 0 aliphatic carbocycles. The van der Waals surface area contributed by atoms with Crippen LogP contribution in [0.3, 0.4) is 0 Å². The van der Waals surface area contributed by atoms with Gasteiger partial charge in [0.05, 0.1) is 6.20 Å². The lowest BCUT2D eigenvalue weighted by Gasteiger charge is -2.16. The summed E-state index contributed by atoms with van der Waals surface area (Å²) >= 11 is 1.46. The average Bonchev–Trinajstić information content (AvgIpc) is 3.17. The van der Waals surface area contributed by atoms with Crippen molar-refractivity contribution in [3.05, 3.63) is 69.9 Å². The molecule has 0 saturated heterocycles. The largest absolute Gasteiger partial charge is 0.446 e. The Labute approximate surface area is 132 Å². The second-order valence-corrected chi connectivity index (χ2v) is 5.76. The zero-order valence-corrected chi connectivity index (χ0v) is 13.1. The summed E-state index contributed by atoms with van der Waals surface area (Å²) in [6.45, 7) is 1.84. The van der Waals surface area contributed by atoms with Gasteiger partial charge < -0.3 is 4.74 Å². The Morgan fingerprint density at radius 3 is 2.68 bits per heavy atom. The van der Waals surface area contributed by atoms with Crippen molar-refractivity contribution in [1.82, 2.24) is 14.8 Å². The van der Waals surface area contributed by atoms with Crippen LogP contribution in [0.25, 0.3) is 0 Å². The number of benzene rings is 1. The molecular formula is C16H15N3O2S. The van der Waals surface area contributed by atoms with Gasteiger partial charge in [0.1, 0.15) is 10.6 Å². The first-order valence-corrected chi connectivity index (χ1v) is 7.68. The predicted octanol–water partition coefficient (Wildman–Crippen LogP) is 3.13. The second kappa shape index (κ2) is 6.11. The van der Waals surface area contributed by atoms with Gasteiger partial charge in [-0.2, -0.15) is 5.10 Å². The fourth-order valence-corrected chi connectivity index (χ4v) is 2.81. The number of ether oxygens (including phenoxy) is 1. The Morgan fingerprint density at radius 1 is 1.32 bits per heavy atom. The minimum Gasteiger partial charge on any atom is -0.446 e. The van der Waals surface area contributed by atoms with Gasteiger partial charge in [0, 0.05) is 24.3 Å². The van der Waals surface area contributed by atoms with Crippen molar-refractivity contribution in [2.45, 2.75) is 13.0 Å². The molecule has 22 heavy (non-hydrogen) atoms. The number of carbonyl (C=O) groups excluding carboxylic acids is 1. The average molecular weight is 313 g/mol. The van der Waals surface area contributed by atoms with Crippen molar-refractivity contribution in [2.75, 3.05) is 0 Å². The summed E-state index contributed by atoms with van der Waals surface area (Å²) in [5.41, 5.74) is 2.14. The first-order valence-electron chi connectivity index (χ1n) is 6.80. The number of nitrogens with zero attached hydrogens (tertiary/aromatic N) is 3. The van der Waals surface area contributed by atoms with E-state index < -0.39 is 12.1 Å². The van der Waals surface area contributed by atoms with Gasteiger partial charge in [-0.3, -0.25) is 4.68 Å². The predicted molar refractivity (Wildman–Crippen MR) is 83.8 cm³/mol. The van der Waals surface area contributed by atoms with E-state index in [4.69, 9.17) is 4.74 Å². The standard InChI is InChI=1S/C16H15N3O2S/c1-11-13(10-18-19(11)2)16(20)21-14(15-17-8-9-22-15)12-6-4-3-5-7-12/h3-10,14H,1-2H3/t14-/m0/s1. The molecule has 1 aromatic carbocycles. The Kier molecular flexibility index (Phi) is 4.02. The normalized spacial score (nSPS) is 12.1. The van der Waals surface area contributed by atoms with E-state index in [2.05, 4.69) is 10.1 Å². The lowest BCUT2D eigenvalue weighted by atomic mass is 10.1. The quantitative estimate of drug-likeness (QED) is 0.694. The Morgan fingerprint density at radius 2 is 2.09 bits per heavy atom. The summed E-state index contributed by atoms with van der Waals surface area (Å²) in [6.07, 6.45) is 2.73. The summed E-state index contributed by atoms with van der Waals surface area (Å²) in [5, 5.41) is 6.70. The number of esters is 1. The number of thiazole rings is 1. The molecule has 3 rings (SSSR count). The number of aryl methyl sites for hydroxylation is 1. The molecule has 112 valence electrons. The Hall–Kier alpha value is -2.47. The maximum atomic E-state index is 12.5. The highest BCUT2D eigenvalue weighted by Gasteiger charge is 2.24. The van der Waals surface area contributed by atoms with Crippen LogP contribution in [0.1, 0.15) is 32.7 Å². The van der Waals surface area contributed by atoms with Crippen molar-refractivity contribution < 1.29 is 9.53 Å². The molecule has 5 nitrogen and oxygen atoms in total. The van der Waals surface area contributed by atoms with Gasteiger partial charge in [0.15, 0.2) is 6.10 Å². The number of hydrogen-bond donors (Lipinski definition) is 0. The Balaban J connectivity index is 1.91. The number of carbonyl (C=O) groups is 1. The third-order valence-corrected chi connectivity index (χ3v) is 4.28. The van der Waals surface area contributed by atoms with Gasteiger partial charge in [-0.25, -0.2) is 9.78 Å². The molecule has 2 aromatic heterocycles. The van der Waals surface area contributed by atoms with Gasteiger partial charge in [-0.15, -0.1) is 11.3 Å². The van der Waals surface area contributed by atoms with E-state index in [9.17, 15) is 4.79 Å². The highest BCUT2D eigenvalue weighted by Crippen LogP contribution is 2.28. The van der Waals surface area contributed by atoms with Crippen LogP contribution in [0, 0.1) is 6.92 Å². The zero-order chi connectivity index (χ0) is 15.5. The molecule has 0 spiro atoms.